The highest BCUT2D eigenvalue weighted by atomic mass is 79.9. The molecule has 0 spiro atoms. The molecule has 0 amide bonds. The molecule has 4 aromatic rings. The Hall–Kier alpha value is -1.69. The Morgan fingerprint density at radius 1 is 1.00 bits per heavy atom. The van der Waals surface area contributed by atoms with Gasteiger partial charge in [-0.25, -0.2) is 9.97 Å². The first-order chi connectivity index (χ1) is 11.8. The van der Waals surface area contributed by atoms with Crippen LogP contribution in [-0.4, -0.2) is 9.97 Å². The SMILES string of the molecule is Brc1cccc(CSc2ncnc3scc(-c4ccccc4)c23)c1. The second-order valence-electron chi connectivity index (χ2n) is 5.29. The summed E-state index contributed by atoms with van der Waals surface area (Å²) in [6.07, 6.45) is 1.66. The zero-order chi connectivity index (χ0) is 16.4. The first-order valence-corrected chi connectivity index (χ1v) is 10.1. The van der Waals surface area contributed by atoms with Gasteiger partial charge in [0.25, 0.3) is 0 Å². The fourth-order valence-electron chi connectivity index (χ4n) is 2.57. The smallest absolute Gasteiger partial charge is 0.128 e. The van der Waals surface area contributed by atoms with Crippen LogP contribution in [0.4, 0.5) is 0 Å². The molecule has 0 aliphatic heterocycles. The number of thioether (sulfide) groups is 1. The van der Waals surface area contributed by atoms with E-state index < -0.39 is 0 Å². The van der Waals surface area contributed by atoms with Gasteiger partial charge in [-0.2, -0.15) is 0 Å². The van der Waals surface area contributed by atoms with E-state index in [2.05, 4.69) is 73.7 Å². The Balaban J connectivity index is 1.72. The van der Waals surface area contributed by atoms with Crippen LogP contribution in [0.1, 0.15) is 5.56 Å². The van der Waals surface area contributed by atoms with Gasteiger partial charge in [0.2, 0.25) is 0 Å². The fraction of sp³-hybridized carbons (Fsp3) is 0.0526. The van der Waals surface area contributed by atoms with Gasteiger partial charge in [-0.1, -0.05) is 58.4 Å². The normalized spacial score (nSPS) is 11.0. The second-order valence-corrected chi connectivity index (χ2v) is 8.03. The van der Waals surface area contributed by atoms with Gasteiger partial charge in [0.05, 0.1) is 5.39 Å². The van der Waals surface area contributed by atoms with Crippen molar-refractivity contribution in [2.45, 2.75) is 10.8 Å². The van der Waals surface area contributed by atoms with Crippen molar-refractivity contribution >= 4 is 49.2 Å². The predicted octanol–water partition coefficient (Wildman–Crippen LogP) is 6.41. The minimum atomic E-state index is 0.885. The number of halogens is 1. The van der Waals surface area contributed by atoms with Crippen LogP contribution in [0.15, 0.2) is 75.8 Å². The van der Waals surface area contributed by atoms with Crippen LogP contribution in [0.3, 0.4) is 0 Å². The summed E-state index contributed by atoms with van der Waals surface area (Å²) in [6.45, 7) is 0. The number of benzene rings is 2. The van der Waals surface area contributed by atoms with Crippen molar-refractivity contribution in [2.75, 3.05) is 0 Å². The lowest BCUT2D eigenvalue weighted by atomic mass is 10.1. The Morgan fingerprint density at radius 2 is 1.88 bits per heavy atom. The average Bonchev–Trinajstić information content (AvgIpc) is 3.05. The van der Waals surface area contributed by atoms with Crippen LogP contribution in [0.2, 0.25) is 0 Å². The number of aromatic nitrogens is 2. The van der Waals surface area contributed by atoms with Gasteiger partial charge in [-0.05, 0) is 23.3 Å². The summed E-state index contributed by atoms with van der Waals surface area (Å²) in [5.74, 6) is 0.885. The van der Waals surface area contributed by atoms with Crippen molar-refractivity contribution in [3.05, 3.63) is 76.3 Å². The molecule has 118 valence electrons. The molecule has 0 unspecified atom stereocenters. The Bertz CT molecular complexity index is 983. The predicted molar refractivity (Wildman–Crippen MR) is 107 cm³/mol. The molecule has 0 aliphatic carbocycles. The molecule has 2 heterocycles. The van der Waals surface area contributed by atoms with Crippen molar-refractivity contribution in [1.82, 2.24) is 9.97 Å². The summed E-state index contributed by atoms with van der Waals surface area (Å²) >= 11 is 6.97. The molecule has 0 aliphatic rings. The van der Waals surface area contributed by atoms with Crippen molar-refractivity contribution in [3.8, 4) is 11.1 Å². The lowest BCUT2D eigenvalue weighted by Gasteiger charge is -2.06. The van der Waals surface area contributed by atoms with Gasteiger partial charge in [-0.3, -0.25) is 0 Å². The third-order valence-electron chi connectivity index (χ3n) is 3.68. The number of nitrogens with zero attached hydrogens (tertiary/aromatic N) is 2. The van der Waals surface area contributed by atoms with Gasteiger partial charge < -0.3 is 0 Å². The quantitative estimate of drug-likeness (QED) is 0.285. The van der Waals surface area contributed by atoms with E-state index in [1.807, 2.05) is 12.1 Å². The molecule has 5 heteroatoms. The van der Waals surface area contributed by atoms with E-state index in [9.17, 15) is 0 Å². The van der Waals surface area contributed by atoms with Crippen molar-refractivity contribution in [3.63, 3.8) is 0 Å². The van der Waals surface area contributed by atoms with E-state index in [1.165, 1.54) is 16.7 Å². The molecule has 0 N–H and O–H groups in total. The fourth-order valence-corrected chi connectivity index (χ4v) is 4.95. The standard InChI is InChI=1S/C19H13BrN2S2/c20-15-8-4-5-13(9-15)10-23-18-17-16(14-6-2-1-3-7-14)11-24-19(17)22-12-21-18/h1-9,11-12H,10H2. The number of fused-ring (bicyclic) bond motifs is 1. The molecule has 2 nitrogen and oxygen atoms in total. The van der Waals surface area contributed by atoms with Crippen LogP contribution < -0.4 is 0 Å². The molecule has 0 bridgehead atoms. The van der Waals surface area contributed by atoms with Crippen molar-refractivity contribution in [1.29, 1.82) is 0 Å². The molecule has 2 aromatic heterocycles. The average molecular weight is 413 g/mol. The lowest BCUT2D eigenvalue weighted by molar-refractivity contribution is 1.11. The molecule has 0 atom stereocenters. The maximum absolute atomic E-state index is 4.55. The van der Waals surface area contributed by atoms with Crippen LogP contribution in [0.5, 0.6) is 0 Å². The summed E-state index contributed by atoms with van der Waals surface area (Å²) < 4.78 is 1.11. The van der Waals surface area contributed by atoms with E-state index >= 15 is 0 Å². The summed E-state index contributed by atoms with van der Waals surface area (Å²) in [7, 11) is 0. The summed E-state index contributed by atoms with van der Waals surface area (Å²) in [6, 6.07) is 18.8. The second kappa shape index (κ2) is 7.05. The van der Waals surface area contributed by atoms with E-state index in [4.69, 9.17) is 0 Å². The van der Waals surface area contributed by atoms with Gasteiger partial charge >= 0.3 is 0 Å². The zero-order valence-corrected chi connectivity index (χ0v) is 15.9. The number of hydrogen-bond acceptors (Lipinski definition) is 4. The molecule has 4 rings (SSSR count). The van der Waals surface area contributed by atoms with Crippen LogP contribution in [0.25, 0.3) is 21.3 Å². The molecule has 2 aromatic carbocycles. The minimum Gasteiger partial charge on any atom is -0.229 e. The summed E-state index contributed by atoms with van der Waals surface area (Å²) in [4.78, 5) is 10.0. The minimum absolute atomic E-state index is 0.885. The third-order valence-corrected chi connectivity index (χ3v) is 6.13. The molecule has 0 radical (unpaired) electrons. The molecule has 0 saturated carbocycles. The summed E-state index contributed by atoms with van der Waals surface area (Å²) in [5.41, 5.74) is 3.70. The number of hydrogen-bond donors (Lipinski definition) is 0. The maximum atomic E-state index is 4.55. The zero-order valence-electron chi connectivity index (χ0n) is 12.6. The highest BCUT2D eigenvalue weighted by Crippen LogP contribution is 2.38. The molecular weight excluding hydrogens is 400 g/mol. The topological polar surface area (TPSA) is 25.8 Å². The molecule has 0 fully saturated rings. The van der Waals surface area contributed by atoms with E-state index in [0.717, 1.165) is 25.5 Å². The number of rotatable bonds is 4. The maximum Gasteiger partial charge on any atom is 0.128 e. The highest BCUT2D eigenvalue weighted by molar-refractivity contribution is 9.10. The van der Waals surface area contributed by atoms with E-state index in [-0.39, 0.29) is 0 Å². The van der Waals surface area contributed by atoms with E-state index in [1.54, 1.807) is 29.4 Å². The van der Waals surface area contributed by atoms with Gasteiger partial charge in [0.1, 0.15) is 16.2 Å². The highest BCUT2D eigenvalue weighted by Gasteiger charge is 2.13. The Kier molecular flexibility index (Phi) is 4.65. The Morgan fingerprint density at radius 3 is 2.71 bits per heavy atom. The molecule has 24 heavy (non-hydrogen) atoms. The largest absolute Gasteiger partial charge is 0.229 e. The van der Waals surface area contributed by atoms with Gasteiger partial charge in [0, 0.05) is 21.2 Å². The lowest BCUT2D eigenvalue weighted by Crippen LogP contribution is -1.87. The van der Waals surface area contributed by atoms with Crippen LogP contribution >= 0.6 is 39.0 Å². The third kappa shape index (κ3) is 3.24. The van der Waals surface area contributed by atoms with Crippen LogP contribution in [0, 0.1) is 0 Å². The van der Waals surface area contributed by atoms with Crippen molar-refractivity contribution < 1.29 is 0 Å². The van der Waals surface area contributed by atoms with Crippen molar-refractivity contribution in [2.24, 2.45) is 0 Å². The molecular formula is C19H13BrN2S2. The van der Waals surface area contributed by atoms with Gasteiger partial charge in [0.15, 0.2) is 0 Å². The monoisotopic (exact) mass is 412 g/mol. The Labute approximate surface area is 157 Å². The first kappa shape index (κ1) is 15.8. The molecule has 0 saturated heterocycles. The first-order valence-electron chi connectivity index (χ1n) is 7.46. The number of thiophene rings is 1. The van der Waals surface area contributed by atoms with E-state index in [0.29, 0.717) is 0 Å². The summed E-state index contributed by atoms with van der Waals surface area (Å²) in [5, 5.41) is 4.38. The van der Waals surface area contributed by atoms with Crippen LogP contribution in [-0.2, 0) is 5.75 Å². The van der Waals surface area contributed by atoms with Gasteiger partial charge in [-0.15, -0.1) is 23.1 Å².